The molecule has 0 N–H and O–H groups in total. The molecule has 2 heterocycles. The van der Waals surface area contributed by atoms with Crippen molar-refractivity contribution in [3.63, 3.8) is 0 Å². The fraction of sp³-hybridized carbons (Fsp3) is 0.625. The molecule has 0 amide bonds. The Kier molecular flexibility index (Phi) is 14.6. The van der Waals surface area contributed by atoms with Crippen molar-refractivity contribution in [3.8, 4) is 0 Å². The van der Waals surface area contributed by atoms with Gasteiger partial charge in [0.1, 0.15) is 0 Å². The fourth-order valence-corrected chi connectivity index (χ4v) is 5.44. The summed E-state index contributed by atoms with van der Waals surface area (Å²) in [4.78, 5) is 5.15. The topological polar surface area (TPSA) is 6.02 Å². The van der Waals surface area contributed by atoms with Crippen LogP contribution in [0, 0.1) is 0 Å². The summed E-state index contributed by atoms with van der Waals surface area (Å²) in [7, 11) is 0. The summed E-state index contributed by atoms with van der Waals surface area (Å²) in [6.45, 7) is 27.6. The zero-order valence-corrected chi connectivity index (χ0v) is 29.2. The van der Waals surface area contributed by atoms with Gasteiger partial charge >= 0.3 is 16.5 Å². The second-order valence-corrected chi connectivity index (χ2v) is 12.0. The van der Waals surface area contributed by atoms with E-state index >= 15 is 0 Å². The zero-order valence-electron chi connectivity index (χ0n) is 25.0. The number of rotatable bonds is 6. The minimum Gasteiger partial charge on any atom is -1.00 e. The molecule has 0 radical (unpaired) electrons. The van der Waals surface area contributed by atoms with Gasteiger partial charge in [-0.3, -0.25) is 0 Å². The Morgan fingerprint density at radius 1 is 0.459 bits per heavy atom. The average Bonchev–Trinajstić information content (AvgIpc) is 3.59. The van der Waals surface area contributed by atoms with Crippen LogP contribution < -0.4 is 43.8 Å². The van der Waals surface area contributed by atoms with Crippen molar-refractivity contribution >= 4 is 11.4 Å². The van der Waals surface area contributed by atoms with E-state index in [2.05, 4.69) is 129 Å². The van der Waals surface area contributed by atoms with E-state index in [9.17, 15) is 0 Å². The van der Waals surface area contributed by atoms with Crippen LogP contribution in [0.4, 0.5) is 11.4 Å². The number of para-hydroxylation sites is 2. The molecule has 212 valence electrons. The van der Waals surface area contributed by atoms with Gasteiger partial charge < -0.3 is 43.8 Å². The van der Waals surface area contributed by atoms with Crippen LogP contribution >= 0.6 is 0 Å². The smallest absolute Gasteiger partial charge is 1.00 e. The third kappa shape index (κ3) is 7.79. The Morgan fingerprint density at radius 2 is 0.649 bits per heavy atom. The van der Waals surface area contributed by atoms with Crippen molar-refractivity contribution in [2.45, 2.75) is 131 Å². The first-order valence-electron chi connectivity index (χ1n) is 13.7. The Bertz CT molecular complexity index is 841. The SMILES string of the molecule is CC(C)c1cccc(C(C)C)c1N1C(C)C1C.CC(C)c1cccc(C(C)C)c1N1C(C)C1C.[Br-].[Br-].[Ni+2]. The van der Waals surface area contributed by atoms with Crippen LogP contribution in [0.5, 0.6) is 0 Å². The van der Waals surface area contributed by atoms with E-state index in [-0.39, 0.29) is 50.5 Å². The molecule has 37 heavy (non-hydrogen) atoms. The summed E-state index contributed by atoms with van der Waals surface area (Å²) in [6, 6.07) is 16.4. The van der Waals surface area contributed by atoms with Crippen LogP contribution in [0.1, 0.15) is 129 Å². The second kappa shape index (κ2) is 14.8. The van der Waals surface area contributed by atoms with Crippen LogP contribution in [0.15, 0.2) is 36.4 Å². The molecule has 2 saturated heterocycles. The maximum absolute atomic E-state index is 2.57. The van der Waals surface area contributed by atoms with Crippen molar-refractivity contribution in [3.05, 3.63) is 58.7 Å². The molecule has 0 saturated carbocycles. The number of hydrogen-bond acceptors (Lipinski definition) is 2. The Balaban J connectivity index is 0.000000648. The van der Waals surface area contributed by atoms with Crippen molar-refractivity contribution in [1.29, 1.82) is 0 Å². The summed E-state index contributed by atoms with van der Waals surface area (Å²) in [6.07, 6.45) is 0. The third-order valence-corrected chi connectivity index (χ3v) is 8.17. The predicted molar refractivity (Wildman–Crippen MR) is 152 cm³/mol. The first-order chi connectivity index (χ1) is 15.9. The summed E-state index contributed by atoms with van der Waals surface area (Å²) in [5.41, 5.74) is 9.05. The monoisotopic (exact) mass is 678 g/mol. The zero-order chi connectivity index (χ0) is 25.5. The van der Waals surface area contributed by atoms with Crippen LogP contribution in [-0.4, -0.2) is 24.2 Å². The summed E-state index contributed by atoms with van der Waals surface area (Å²) in [5, 5.41) is 0. The maximum Gasteiger partial charge on any atom is 2.00 e. The van der Waals surface area contributed by atoms with Gasteiger partial charge in [-0.15, -0.1) is 0 Å². The molecule has 4 atom stereocenters. The third-order valence-electron chi connectivity index (χ3n) is 8.17. The van der Waals surface area contributed by atoms with E-state index in [1.54, 1.807) is 0 Å². The van der Waals surface area contributed by atoms with E-state index in [0.717, 1.165) is 0 Å². The van der Waals surface area contributed by atoms with Gasteiger partial charge in [-0.1, -0.05) is 91.8 Å². The number of anilines is 2. The summed E-state index contributed by atoms with van der Waals surface area (Å²) >= 11 is 0. The van der Waals surface area contributed by atoms with Crippen molar-refractivity contribution in [1.82, 2.24) is 0 Å². The molecule has 4 rings (SSSR count). The molecule has 0 aliphatic carbocycles. The van der Waals surface area contributed by atoms with Gasteiger partial charge in [-0.05, 0) is 73.6 Å². The molecular weight excluding hydrogens is 631 g/mol. The standard InChI is InChI=1S/2C16H25N.2BrH.Ni/c2*1-10(2)14-8-7-9-15(11(3)4)16(14)17-12(5)13(17)6;;;/h2*7-13H,1-6H3;2*1H;/q;;;;+2/p-2. The normalized spacial score (nSPS) is 21.7. The van der Waals surface area contributed by atoms with Gasteiger partial charge in [-0.25, -0.2) is 0 Å². The van der Waals surface area contributed by atoms with Gasteiger partial charge in [0.25, 0.3) is 0 Å². The first-order valence-corrected chi connectivity index (χ1v) is 13.7. The molecule has 2 aliphatic heterocycles. The van der Waals surface area contributed by atoms with Gasteiger partial charge in [0.15, 0.2) is 0 Å². The number of halogens is 2. The molecule has 0 bridgehead atoms. The van der Waals surface area contributed by atoms with Crippen molar-refractivity contribution in [2.75, 3.05) is 9.80 Å². The van der Waals surface area contributed by atoms with Gasteiger partial charge in [0, 0.05) is 35.5 Å². The first kappa shape index (κ1) is 36.5. The van der Waals surface area contributed by atoms with Crippen LogP contribution in [0.2, 0.25) is 0 Å². The maximum atomic E-state index is 2.57. The van der Waals surface area contributed by atoms with E-state index < -0.39 is 0 Å². The van der Waals surface area contributed by atoms with E-state index in [1.165, 1.54) is 33.6 Å². The van der Waals surface area contributed by atoms with E-state index in [0.29, 0.717) is 47.8 Å². The Labute approximate surface area is 259 Å². The Morgan fingerprint density at radius 3 is 0.784 bits per heavy atom. The van der Waals surface area contributed by atoms with Crippen molar-refractivity contribution in [2.24, 2.45) is 0 Å². The molecule has 2 aliphatic rings. The minimum atomic E-state index is 0. The number of nitrogens with zero attached hydrogens (tertiary/aromatic N) is 2. The van der Waals surface area contributed by atoms with Crippen LogP contribution in [0.25, 0.3) is 0 Å². The minimum absolute atomic E-state index is 0. The number of benzene rings is 2. The molecule has 2 aromatic rings. The van der Waals surface area contributed by atoms with E-state index in [4.69, 9.17) is 0 Å². The van der Waals surface area contributed by atoms with Crippen LogP contribution in [-0.2, 0) is 16.5 Å². The molecule has 4 unspecified atom stereocenters. The second-order valence-electron chi connectivity index (χ2n) is 12.0. The fourth-order valence-electron chi connectivity index (χ4n) is 5.44. The van der Waals surface area contributed by atoms with E-state index in [1.807, 2.05) is 0 Å². The van der Waals surface area contributed by atoms with Gasteiger partial charge in [-0.2, -0.15) is 0 Å². The molecule has 2 nitrogen and oxygen atoms in total. The Hall–Kier alpha value is -0.506. The quantitative estimate of drug-likeness (QED) is 0.342. The molecular formula is C32H50Br2N2Ni. The summed E-state index contributed by atoms with van der Waals surface area (Å²) in [5.74, 6) is 2.40. The largest absolute Gasteiger partial charge is 2.00 e. The number of hydrogen-bond donors (Lipinski definition) is 0. The van der Waals surface area contributed by atoms with Gasteiger partial charge in [0.05, 0.1) is 0 Å². The predicted octanol–water partition coefficient (Wildman–Crippen LogP) is 3.07. The summed E-state index contributed by atoms with van der Waals surface area (Å²) < 4.78 is 0. The van der Waals surface area contributed by atoms with Gasteiger partial charge in [0.2, 0.25) is 0 Å². The molecule has 2 aromatic carbocycles. The van der Waals surface area contributed by atoms with Crippen molar-refractivity contribution < 1.29 is 50.5 Å². The molecule has 0 spiro atoms. The molecule has 0 aromatic heterocycles. The van der Waals surface area contributed by atoms with Crippen LogP contribution in [0.3, 0.4) is 0 Å². The average molecular weight is 681 g/mol. The molecule has 2 fully saturated rings. The molecule has 5 heteroatoms.